The number of nitrogens with one attached hydrogen (secondary N) is 1. The number of hydrogen-bond donors (Lipinski definition) is 5. The van der Waals surface area contributed by atoms with Crippen LogP contribution >= 0.6 is 0 Å². The van der Waals surface area contributed by atoms with E-state index in [1.54, 1.807) is 13.0 Å². The molecule has 0 bridgehead atoms. The second-order valence-electron chi connectivity index (χ2n) is 5.56. The topological polar surface area (TPSA) is 105 Å². The van der Waals surface area contributed by atoms with Gasteiger partial charge >= 0.3 is 0 Å². The molecule has 1 aliphatic rings. The fraction of sp³-hybridized carbons (Fsp3) is 0.0556. The van der Waals surface area contributed by atoms with E-state index in [9.17, 15) is 20.4 Å². The van der Waals surface area contributed by atoms with E-state index in [1.807, 2.05) is 0 Å². The lowest BCUT2D eigenvalue weighted by Crippen LogP contribution is -1.97. The molecule has 0 unspecified atom stereocenters. The summed E-state index contributed by atoms with van der Waals surface area (Å²) in [6, 6.07) is 3.57. The predicted octanol–water partition coefficient (Wildman–Crippen LogP) is 3.37. The van der Waals surface area contributed by atoms with Crippen molar-refractivity contribution in [3.63, 3.8) is 0 Å². The molecular formula is C18H13NO4. The Hall–Kier alpha value is -3.21. The zero-order chi connectivity index (χ0) is 18.2. The van der Waals surface area contributed by atoms with E-state index < -0.39 is 17.2 Å². The summed E-state index contributed by atoms with van der Waals surface area (Å²) in [6.07, 6.45) is 0. The van der Waals surface area contributed by atoms with Crippen LogP contribution in [0.3, 0.4) is 0 Å². The van der Waals surface area contributed by atoms with Gasteiger partial charge in [0.25, 0.3) is 0 Å². The second-order valence-corrected chi connectivity index (χ2v) is 5.56. The summed E-state index contributed by atoms with van der Waals surface area (Å²) in [4.78, 5) is 0. The van der Waals surface area contributed by atoms with Gasteiger partial charge in [-0.1, -0.05) is 12.1 Å². The molecule has 0 aliphatic heterocycles. The van der Waals surface area contributed by atoms with Crippen molar-refractivity contribution in [2.24, 2.45) is 0 Å². The standard InChI is InChI=1S/C18H13NO4/c1-7-5-9-12(11(21)6-7)14-15(16(9)19)18(23)13-8(17(14)22)3-2-4-10(13)20/h2-6,19-23H,1H3/i3D,4D. The Labute approximate surface area is 134 Å². The molecule has 4 rings (SSSR count). The van der Waals surface area contributed by atoms with Crippen LogP contribution in [0.4, 0.5) is 0 Å². The number of benzene rings is 3. The first-order valence-electron chi connectivity index (χ1n) is 7.88. The van der Waals surface area contributed by atoms with Gasteiger partial charge in [-0.05, 0) is 30.7 Å². The van der Waals surface area contributed by atoms with Gasteiger partial charge in [0.15, 0.2) is 0 Å². The molecule has 3 aromatic carbocycles. The minimum absolute atomic E-state index is 0.0406. The maximum Gasteiger partial charge on any atom is 0.137 e. The lowest BCUT2D eigenvalue weighted by atomic mass is 9.96. The van der Waals surface area contributed by atoms with Gasteiger partial charge < -0.3 is 20.4 Å². The van der Waals surface area contributed by atoms with E-state index in [0.717, 1.165) is 6.07 Å². The maximum absolute atomic E-state index is 10.7. The number of phenolic OH excluding ortho intramolecular Hbond substituents is 4. The molecule has 5 nitrogen and oxygen atoms in total. The van der Waals surface area contributed by atoms with Crippen LogP contribution in [0.1, 0.15) is 19.4 Å². The number of fused-ring (bicyclic) bond motifs is 4. The van der Waals surface area contributed by atoms with Crippen LogP contribution in [0.5, 0.6) is 23.0 Å². The molecule has 0 spiro atoms. The number of phenols is 4. The highest BCUT2D eigenvalue weighted by Crippen LogP contribution is 2.54. The summed E-state index contributed by atoms with van der Waals surface area (Å²) in [5, 5.41) is 49.8. The van der Waals surface area contributed by atoms with Crippen molar-refractivity contribution in [2.75, 3.05) is 0 Å². The van der Waals surface area contributed by atoms with Crippen molar-refractivity contribution in [1.29, 1.82) is 5.41 Å². The van der Waals surface area contributed by atoms with E-state index >= 15 is 0 Å². The van der Waals surface area contributed by atoms with Crippen molar-refractivity contribution in [3.05, 3.63) is 47.0 Å². The molecule has 0 atom stereocenters. The Bertz CT molecular complexity index is 1140. The van der Waals surface area contributed by atoms with Crippen molar-refractivity contribution in [2.45, 2.75) is 6.92 Å². The van der Waals surface area contributed by atoms with Crippen LogP contribution in [-0.2, 0) is 0 Å². The zero-order valence-corrected chi connectivity index (χ0v) is 12.0. The molecule has 0 saturated heterocycles. The molecule has 3 aromatic rings. The lowest BCUT2D eigenvalue weighted by Gasteiger charge is -2.12. The smallest absolute Gasteiger partial charge is 0.137 e. The van der Waals surface area contributed by atoms with E-state index in [1.165, 1.54) is 6.07 Å². The van der Waals surface area contributed by atoms with Gasteiger partial charge in [0.05, 0.1) is 19.4 Å². The lowest BCUT2D eigenvalue weighted by molar-refractivity contribution is 0.457. The van der Waals surface area contributed by atoms with Crippen LogP contribution in [0.25, 0.3) is 21.9 Å². The van der Waals surface area contributed by atoms with Crippen LogP contribution in [0.15, 0.2) is 30.3 Å². The van der Waals surface area contributed by atoms with Crippen molar-refractivity contribution < 1.29 is 23.2 Å². The van der Waals surface area contributed by atoms with Crippen LogP contribution in [0, 0.1) is 12.3 Å². The molecule has 0 amide bonds. The van der Waals surface area contributed by atoms with Crippen molar-refractivity contribution in [3.8, 4) is 34.1 Å². The Kier molecular flexibility index (Phi) is 2.06. The highest BCUT2D eigenvalue weighted by molar-refractivity contribution is 6.29. The zero-order valence-electron chi connectivity index (χ0n) is 14.0. The average Bonchev–Trinajstić information content (AvgIpc) is 2.82. The third kappa shape index (κ3) is 1.53. The van der Waals surface area contributed by atoms with Gasteiger partial charge in [0.2, 0.25) is 0 Å². The molecule has 0 radical (unpaired) electrons. The quantitative estimate of drug-likeness (QED) is 0.321. The monoisotopic (exact) mass is 309 g/mol. The molecule has 0 heterocycles. The molecule has 114 valence electrons. The molecule has 0 saturated carbocycles. The van der Waals surface area contributed by atoms with Crippen molar-refractivity contribution >= 4 is 16.5 Å². The van der Waals surface area contributed by atoms with Crippen LogP contribution in [0.2, 0.25) is 0 Å². The fourth-order valence-corrected chi connectivity index (χ4v) is 3.19. The summed E-state index contributed by atoms with van der Waals surface area (Å²) < 4.78 is 15.7. The first-order valence-corrected chi connectivity index (χ1v) is 6.88. The predicted molar refractivity (Wildman–Crippen MR) is 86.7 cm³/mol. The maximum atomic E-state index is 10.7. The third-order valence-electron chi connectivity index (χ3n) is 4.14. The Morgan fingerprint density at radius 1 is 0.913 bits per heavy atom. The van der Waals surface area contributed by atoms with Crippen molar-refractivity contribution in [1.82, 2.24) is 0 Å². The van der Waals surface area contributed by atoms with Gasteiger partial charge in [0.1, 0.15) is 23.0 Å². The molecule has 5 heteroatoms. The van der Waals surface area contributed by atoms with Gasteiger partial charge in [-0.15, -0.1) is 0 Å². The molecular weight excluding hydrogens is 294 g/mol. The molecule has 5 N–H and O–H groups in total. The highest BCUT2D eigenvalue weighted by Gasteiger charge is 2.34. The van der Waals surface area contributed by atoms with E-state index in [-0.39, 0.29) is 51.0 Å². The number of hydrogen-bond acceptors (Lipinski definition) is 5. The first-order chi connectivity index (χ1) is 11.7. The molecule has 0 fully saturated rings. The Morgan fingerprint density at radius 3 is 2.39 bits per heavy atom. The first kappa shape index (κ1) is 11.4. The Balaban J connectivity index is 2.29. The van der Waals surface area contributed by atoms with E-state index in [2.05, 4.69) is 0 Å². The normalized spacial score (nSPS) is 13.7. The average molecular weight is 309 g/mol. The van der Waals surface area contributed by atoms with E-state index in [0.29, 0.717) is 11.1 Å². The summed E-state index contributed by atoms with van der Waals surface area (Å²) in [5.41, 5.74) is 1.14. The molecule has 1 aliphatic carbocycles. The van der Waals surface area contributed by atoms with E-state index in [4.69, 9.17) is 8.15 Å². The second kappa shape index (κ2) is 4.16. The molecule has 23 heavy (non-hydrogen) atoms. The van der Waals surface area contributed by atoms with Gasteiger partial charge in [-0.2, -0.15) is 0 Å². The minimum atomic E-state index is -0.578. The van der Waals surface area contributed by atoms with Crippen LogP contribution < -0.4 is 0 Å². The summed E-state index contributed by atoms with van der Waals surface area (Å²) >= 11 is 0. The SMILES string of the molecule is [2H]c1cc([2H])c2c(O)c3c(c(O)c2c1O)C(=N)c1cc(C)cc(O)c1-3. The van der Waals surface area contributed by atoms with Gasteiger partial charge in [-0.25, -0.2) is 0 Å². The minimum Gasteiger partial charge on any atom is -0.507 e. The summed E-state index contributed by atoms with van der Waals surface area (Å²) in [5.74, 6) is -1.65. The number of aromatic hydroxyl groups is 4. The summed E-state index contributed by atoms with van der Waals surface area (Å²) in [6.45, 7) is 1.74. The fourth-order valence-electron chi connectivity index (χ4n) is 3.19. The largest absolute Gasteiger partial charge is 0.507 e. The summed E-state index contributed by atoms with van der Waals surface area (Å²) in [7, 11) is 0. The number of aryl methyl sites for hydroxylation is 1. The molecule has 0 aromatic heterocycles. The highest BCUT2D eigenvalue weighted by atomic mass is 16.3. The Morgan fingerprint density at radius 2 is 1.65 bits per heavy atom. The number of rotatable bonds is 0. The van der Waals surface area contributed by atoms with Crippen LogP contribution in [-0.4, -0.2) is 26.1 Å². The third-order valence-corrected chi connectivity index (χ3v) is 4.14. The van der Waals surface area contributed by atoms with Gasteiger partial charge in [0, 0.05) is 22.1 Å². The van der Waals surface area contributed by atoms with Gasteiger partial charge in [-0.3, -0.25) is 5.41 Å².